The zero-order valence-corrected chi connectivity index (χ0v) is 30.5. The first-order valence-corrected chi connectivity index (χ1v) is 18.4. The zero-order valence-electron chi connectivity index (χ0n) is 27.4. The molecule has 5 rings (SSSR count). The van der Waals surface area contributed by atoms with Gasteiger partial charge in [0.15, 0.2) is 12.4 Å². The van der Waals surface area contributed by atoms with Crippen LogP contribution in [0.4, 0.5) is 5.69 Å². The number of nitrogens with zero attached hydrogens (tertiary/aromatic N) is 3. The Morgan fingerprint density at radius 1 is 0.843 bits per heavy atom. The van der Waals surface area contributed by atoms with E-state index >= 15 is 0 Å². The molecule has 1 aliphatic heterocycles. The highest BCUT2D eigenvalue weighted by molar-refractivity contribution is 8.03. The maximum Gasteiger partial charge on any atom is 0.372 e. The van der Waals surface area contributed by atoms with Crippen LogP contribution in [0.3, 0.4) is 0 Å². The van der Waals surface area contributed by atoms with Gasteiger partial charge in [-0.15, -0.1) is 20.5 Å². The molecular formula is C32H31Cl2N3O12S2. The van der Waals surface area contributed by atoms with E-state index in [1.165, 1.54) is 14.2 Å². The van der Waals surface area contributed by atoms with E-state index in [4.69, 9.17) is 46.7 Å². The first-order chi connectivity index (χ1) is 23.9. The van der Waals surface area contributed by atoms with Gasteiger partial charge in [-0.25, -0.2) is 42.1 Å². The van der Waals surface area contributed by atoms with Crippen molar-refractivity contribution >= 4 is 62.7 Å². The number of para-hydroxylation sites is 2. The molecule has 0 aliphatic carbocycles. The molecule has 15 nitrogen and oxygen atoms in total. The van der Waals surface area contributed by atoms with Crippen LogP contribution in [0.5, 0.6) is 0 Å². The first-order valence-electron chi connectivity index (χ1n) is 14.3. The Balaban J connectivity index is 0.000000619. The molecule has 0 fully saturated rings. The number of hydrogen-bond donors (Lipinski definition) is 0. The van der Waals surface area contributed by atoms with Crippen LogP contribution < -0.4 is 51.3 Å². The monoisotopic (exact) mass is 783 g/mol. The van der Waals surface area contributed by atoms with Gasteiger partial charge in [-0.3, -0.25) is 4.79 Å². The summed E-state index contributed by atoms with van der Waals surface area (Å²) in [5.74, 6) is -0.609. The molecule has 0 amide bonds. The number of ether oxygens (including phenoxy) is 2. The molecule has 0 N–H and O–H groups in total. The summed E-state index contributed by atoms with van der Waals surface area (Å²) in [6, 6.07) is 18.2. The number of aromatic nitrogens is 2. The van der Waals surface area contributed by atoms with Crippen LogP contribution in [-0.4, -0.2) is 32.7 Å². The third kappa shape index (κ3) is 13.9. The third-order valence-electron chi connectivity index (χ3n) is 6.54. The quantitative estimate of drug-likeness (QED) is 0.0938. The lowest BCUT2D eigenvalue weighted by atomic mass is 10.2. The van der Waals surface area contributed by atoms with Crippen LogP contribution in [0.25, 0.3) is 22.0 Å². The van der Waals surface area contributed by atoms with E-state index in [0.717, 1.165) is 47.7 Å². The molecule has 0 radical (unpaired) electrons. The van der Waals surface area contributed by atoms with Gasteiger partial charge in [0, 0.05) is 40.3 Å². The van der Waals surface area contributed by atoms with E-state index in [-0.39, 0.29) is 25.0 Å². The fraction of sp³-hybridized carbons (Fsp3) is 0.188. The van der Waals surface area contributed by atoms with Gasteiger partial charge in [0.05, 0.1) is 24.9 Å². The molecule has 1 aliphatic rings. The third-order valence-corrected chi connectivity index (χ3v) is 8.80. The van der Waals surface area contributed by atoms with E-state index in [2.05, 4.69) is 49.0 Å². The topological polar surface area (TPSA) is 248 Å². The molecule has 0 unspecified atom stereocenters. The molecule has 51 heavy (non-hydrogen) atoms. The fourth-order valence-electron chi connectivity index (χ4n) is 4.67. The molecule has 4 aromatic rings. The van der Waals surface area contributed by atoms with Crippen molar-refractivity contribution in [3.8, 4) is 0 Å². The second-order valence-corrected chi connectivity index (χ2v) is 13.9. The Labute approximate surface area is 304 Å². The van der Waals surface area contributed by atoms with E-state index < -0.39 is 20.5 Å². The van der Waals surface area contributed by atoms with Gasteiger partial charge < -0.3 is 14.4 Å². The van der Waals surface area contributed by atoms with E-state index in [1.807, 2.05) is 70.2 Å². The second-order valence-electron chi connectivity index (χ2n) is 10.3. The minimum atomic E-state index is -4.94. The second kappa shape index (κ2) is 18.5. The summed E-state index contributed by atoms with van der Waals surface area (Å²) < 4.78 is 83.0. The minimum absolute atomic E-state index is 0.122. The number of rotatable bonds is 8. The van der Waals surface area contributed by atoms with Crippen molar-refractivity contribution in [1.29, 1.82) is 0 Å². The molecule has 272 valence electrons. The number of benzene rings is 2. The summed E-state index contributed by atoms with van der Waals surface area (Å²) in [5.41, 5.74) is 5.14. The fourth-order valence-corrected chi connectivity index (χ4v) is 6.79. The first kappa shape index (κ1) is 41.5. The summed E-state index contributed by atoms with van der Waals surface area (Å²) in [7, 11) is -7.08. The van der Waals surface area contributed by atoms with Crippen LogP contribution >= 0.6 is 23.1 Å². The normalized spacial score (nSPS) is 13.8. The number of methoxy groups -OCH3 is 2. The summed E-state index contributed by atoms with van der Waals surface area (Å²) in [4.78, 5) is 27.6. The van der Waals surface area contributed by atoms with Gasteiger partial charge >= 0.3 is 11.9 Å². The highest BCUT2D eigenvalue weighted by atomic mass is 35.7. The molecule has 0 atom stereocenters. The Kier molecular flexibility index (Phi) is 15.1. The van der Waals surface area contributed by atoms with E-state index in [0.29, 0.717) is 0 Å². The Bertz CT molecular complexity index is 1890. The molecule has 19 heteroatoms. The number of thioether (sulfide) groups is 1. The van der Waals surface area contributed by atoms with Crippen molar-refractivity contribution in [3.63, 3.8) is 0 Å². The number of hydrogen-bond acceptors (Lipinski definition) is 15. The lowest BCUT2D eigenvalue weighted by Gasteiger charge is -2.18. The smallest absolute Gasteiger partial charge is 0.372 e. The lowest BCUT2D eigenvalue weighted by Crippen LogP contribution is -2.68. The molecule has 0 saturated carbocycles. The highest BCUT2D eigenvalue weighted by Gasteiger charge is 2.27. The van der Waals surface area contributed by atoms with Gasteiger partial charge in [-0.1, -0.05) is 47.4 Å². The number of aryl methyl sites for hydroxylation is 2. The Hall–Kier alpha value is -3.95. The number of esters is 2. The number of pyridine rings is 1. The average Bonchev–Trinajstić information content (AvgIpc) is 3.56. The van der Waals surface area contributed by atoms with Crippen LogP contribution in [0, 0.1) is 34.3 Å². The molecule has 2 aromatic heterocycles. The van der Waals surface area contributed by atoms with E-state index in [9.17, 15) is 9.59 Å². The summed E-state index contributed by atoms with van der Waals surface area (Å²) >= 11 is 3.23. The SMILES string of the molecule is COC(=O)CN1\C(=C/C=C(/C=C/c2sc3ccccc3[n+]2CC(=O)OC)[n+]2cc(C)cc(C)c2)Sc2ccccc21.[O-][Cl+3]([O-])([O-])[O-].[O-][Cl+3]([O-])([O-])[O-]. The van der Waals surface area contributed by atoms with Crippen LogP contribution in [-0.2, 0) is 25.6 Å². The van der Waals surface area contributed by atoms with Crippen molar-refractivity contribution in [2.24, 2.45) is 0 Å². The van der Waals surface area contributed by atoms with Crippen LogP contribution in [0.1, 0.15) is 16.1 Å². The predicted octanol–water partition coefficient (Wildman–Crippen LogP) is -4.06. The average molecular weight is 785 g/mol. The predicted molar refractivity (Wildman–Crippen MR) is 163 cm³/mol. The van der Waals surface area contributed by atoms with Gasteiger partial charge in [-0.2, -0.15) is 9.13 Å². The zero-order chi connectivity index (χ0) is 37.9. The molecule has 3 heterocycles. The lowest BCUT2D eigenvalue weighted by molar-refractivity contribution is -2.00. The van der Waals surface area contributed by atoms with Crippen LogP contribution in [0.15, 0.2) is 95.1 Å². The molecule has 2 aromatic carbocycles. The summed E-state index contributed by atoms with van der Waals surface area (Å²) in [5, 5.41) is 1.85. The van der Waals surface area contributed by atoms with Gasteiger partial charge in [0.25, 0.3) is 5.01 Å². The number of thiazole rings is 1. The van der Waals surface area contributed by atoms with E-state index in [1.54, 1.807) is 23.1 Å². The standard InChI is InChI=1S/C32H31N3O4S2.2ClHO4/c1-22-17-23(2)19-33(18-22)24(13-15-29-34(20-31(36)38-3)25-9-5-7-11-27(25)40-29)14-16-30-35(21-32(37)39-4)26-10-6-8-12-28(26)41-30;2*2-1(3,4)5/h5-19H,20-21H2,1-4H3;2*(H,2,3,4,5)/q+2;;/p-2. The van der Waals surface area contributed by atoms with Crippen molar-refractivity contribution in [3.05, 3.63) is 106 Å². The molecule has 0 spiro atoms. The number of carbonyl (C=O) groups excluding carboxylic acids is 2. The van der Waals surface area contributed by atoms with Crippen molar-refractivity contribution in [2.45, 2.75) is 25.3 Å². The Morgan fingerprint density at radius 2 is 1.41 bits per heavy atom. The van der Waals surface area contributed by atoms with Gasteiger partial charge in [0.2, 0.25) is 17.8 Å². The number of allylic oxidation sites excluding steroid dienone is 4. The number of anilines is 1. The largest absolute Gasteiger partial charge is 0.468 e. The number of carbonyl (C=O) groups is 2. The maximum atomic E-state index is 12.3. The molecule has 0 bridgehead atoms. The van der Waals surface area contributed by atoms with Crippen LogP contribution in [0.2, 0.25) is 0 Å². The molecule has 0 saturated heterocycles. The minimum Gasteiger partial charge on any atom is -0.468 e. The maximum absolute atomic E-state index is 12.3. The highest BCUT2D eigenvalue weighted by Crippen LogP contribution is 2.45. The van der Waals surface area contributed by atoms with Gasteiger partial charge in [0.1, 0.15) is 11.2 Å². The van der Waals surface area contributed by atoms with Gasteiger partial charge in [-0.05, 0) is 44.2 Å². The van der Waals surface area contributed by atoms with Crippen molar-refractivity contribution in [1.82, 2.24) is 0 Å². The summed E-state index contributed by atoms with van der Waals surface area (Å²) in [6.07, 6.45) is 12.3. The number of fused-ring (bicyclic) bond motifs is 2. The summed E-state index contributed by atoms with van der Waals surface area (Å²) in [6.45, 7) is 4.39. The van der Waals surface area contributed by atoms with Crippen molar-refractivity contribution in [2.75, 3.05) is 25.7 Å². The van der Waals surface area contributed by atoms with Crippen molar-refractivity contribution < 1.29 is 86.0 Å². The Morgan fingerprint density at radius 3 is 2.02 bits per heavy atom. The molecular weight excluding hydrogens is 753 g/mol. The number of halogens is 2.